The van der Waals surface area contributed by atoms with E-state index in [-0.39, 0.29) is 6.42 Å². The Morgan fingerprint density at radius 1 is 1.75 bits per heavy atom. The molecule has 62 valence electrons. The van der Waals surface area contributed by atoms with E-state index in [2.05, 4.69) is 4.85 Å². The molecule has 0 aromatic rings. The van der Waals surface area contributed by atoms with E-state index < -0.39 is 5.97 Å². The molecule has 0 atom stereocenters. The van der Waals surface area contributed by atoms with Crippen LogP contribution in [0.15, 0.2) is 23.4 Å². The predicted molar refractivity (Wildman–Crippen MR) is 44.3 cm³/mol. The summed E-state index contributed by atoms with van der Waals surface area (Å²) in [5, 5.41) is 8.37. The van der Waals surface area contributed by atoms with Crippen LogP contribution in [0.3, 0.4) is 0 Å². The molecule has 0 fully saturated rings. The number of carboxylic acids is 1. The normalized spacial score (nSPS) is 18.9. The van der Waals surface area contributed by atoms with Crippen LogP contribution in [0.5, 0.6) is 0 Å². The van der Waals surface area contributed by atoms with Crippen molar-refractivity contribution in [1.29, 1.82) is 0 Å². The Balaban J connectivity index is 2.57. The summed E-state index contributed by atoms with van der Waals surface area (Å²) in [7, 11) is 0. The lowest BCUT2D eigenvalue weighted by atomic mass is 10.2. The number of carboxylic acid groups (broad SMARTS) is 1. The molecule has 0 saturated heterocycles. The first-order valence-corrected chi connectivity index (χ1v) is 3.71. The van der Waals surface area contributed by atoms with Gasteiger partial charge < -0.3 is 5.11 Å². The summed E-state index contributed by atoms with van der Waals surface area (Å²) in [6, 6.07) is 0. The molecule has 0 heterocycles. The fourth-order valence-electron chi connectivity index (χ4n) is 1.10. The highest BCUT2D eigenvalue weighted by molar-refractivity contribution is 5.69. The third kappa shape index (κ3) is 2.24. The number of allylic oxidation sites excluding steroid dienone is 3. The molecular formula is C9H9NO2. The largest absolute Gasteiger partial charge is 0.481 e. The zero-order chi connectivity index (χ0) is 8.97. The van der Waals surface area contributed by atoms with Crippen LogP contribution in [0.25, 0.3) is 4.85 Å². The summed E-state index contributed by atoms with van der Waals surface area (Å²) >= 11 is 0. The van der Waals surface area contributed by atoms with Gasteiger partial charge in [-0.15, -0.1) is 0 Å². The van der Waals surface area contributed by atoms with Crippen LogP contribution in [0.2, 0.25) is 0 Å². The summed E-state index contributed by atoms with van der Waals surface area (Å²) in [5.41, 5.74) is 1.70. The molecule has 0 bridgehead atoms. The molecule has 0 saturated carbocycles. The van der Waals surface area contributed by atoms with Crippen molar-refractivity contribution in [3.63, 3.8) is 0 Å². The van der Waals surface area contributed by atoms with Gasteiger partial charge in [0.05, 0.1) is 13.0 Å². The molecule has 0 amide bonds. The summed E-state index contributed by atoms with van der Waals surface area (Å²) in [4.78, 5) is 13.5. The van der Waals surface area contributed by atoms with Gasteiger partial charge in [0.1, 0.15) is 0 Å². The molecule has 0 aromatic heterocycles. The minimum atomic E-state index is -0.827. The molecule has 1 aliphatic carbocycles. The standard InChI is InChI=1S/C9H9NO2/c1-10-8-4-2-7(6-8)3-5-9(11)12/h3,6H,2,4-5H2,(H,11,12)/b7-3+. The zero-order valence-corrected chi connectivity index (χ0v) is 6.58. The second kappa shape index (κ2) is 3.72. The van der Waals surface area contributed by atoms with Crippen molar-refractivity contribution in [3.8, 4) is 0 Å². The molecule has 3 nitrogen and oxygen atoms in total. The van der Waals surface area contributed by atoms with Gasteiger partial charge in [-0.05, 0) is 12.8 Å². The number of rotatable bonds is 2. The number of carbonyl (C=O) groups is 1. The van der Waals surface area contributed by atoms with E-state index in [0.29, 0.717) is 0 Å². The molecule has 1 aliphatic rings. The smallest absolute Gasteiger partial charge is 0.307 e. The van der Waals surface area contributed by atoms with Gasteiger partial charge in [-0.25, -0.2) is 4.85 Å². The lowest BCUT2D eigenvalue weighted by Gasteiger charge is -1.89. The van der Waals surface area contributed by atoms with Crippen LogP contribution >= 0.6 is 0 Å². The molecule has 1 rings (SSSR count). The van der Waals surface area contributed by atoms with Crippen molar-refractivity contribution in [3.05, 3.63) is 34.8 Å². The highest BCUT2D eigenvalue weighted by atomic mass is 16.4. The Morgan fingerprint density at radius 2 is 2.50 bits per heavy atom. The number of aliphatic carboxylic acids is 1. The first-order valence-electron chi connectivity index (χ1n) is 3.71. The fraction of sp³-hybridized carbons (Fsp3) is 0.333. The molecule has 12 heavy (non-hydrogen) atoms. The van der Waals surface area contributed by atoms with Crippen molar-refractivity contribution >= 4 is 5.97 Å². The minimum absolute atomic E-state index is 0.0527. The second-order valence-corrected chi connectivity index (χ2v) is 2.62. The van der Waals surface area contributed by atoms with Crippen LogP contribution in [0, 0.1) is 6.57 Å². The van der Waals surface area contributed by atoms with Crippen LogP contribution in [0.4, 0.5) is 0 Å². The average molecular weight is 163 g/mol. The van der Waals surface area contributed by atoms with Gasteiger partial charge in [0.15, 0.2) is 5.70 Å². The molecular weight excluding hydrogens is 154 g/mol. The Kier molecular flexibility index (Phi) is 2.65. The molecule has 0 spiro atoms. The van der Waals surface area contributed by atoms with Gasteiger partial charge in [0.25, 0.3) is 0 Å². The quantitative estimate of drug-likeness (QED) is 0.632. The van der Waals surface area contributed by atoms with Crippen LogP contribution in [-0.4, -0.2) is 11.1 Å². The molecule has 0 aliphatic heterocycles. The predicted octanol–water partition coefficient (Wildman–Crippen LogP) is 1.98. The van der Waals surface area contributed by atoms with Gasteiger partial charge in [-0.3, -0.25) is 4.79 Å². The van der Waals surface area contributed by atoms with Crippen LogP contribution in [0.1, 0.15) is 19.3 Å². The average Bonchev–Trinajstić information content (AvgIpc) is 2.48. The van der Waals surface area contributed by atoms with E-state index in [0.717, 1.165) is 24.1 Å². The maximum absolute atomic E-state index is 10.2. The lowest BCUT2D eigenvalue weighted by molar-refractivity contribution is -0.136. The van der Waals surface area contributed by atoms with Gasteiger partial charge in [0, 0.05) is 0 Å². The third-order valence-corrected chi connectivity index (χ3v) is 1.70. The van der Waals surface area contributed by atoms with E-state index in [9.17, 15) is 4.79 Å². The first kappa shape index (κ1) is 8.54. The monoisotopic (exact) mass is 163 g/mol. The summed E-state index contributed by atoms with van der Waals surface area (Å²) in [6.45, 7) is 6.72. The molecule has 0 aromatic carbocycles. The van der Waals surface area contributed by atoms with E-state index in [4.69, 9.17) is 11.7 Å². The van der Waals surface area contributed by atoms with E-state index in [1.807, 2.05) is 0 Å². The number of nitrogens with zero attached hydrogens (tertiary/aromatic N) is 1. The number of hydrogen-bond acceptors (Lipinski definition) is 1. The van der Waals surface area contributed by atoms with E-state index >= 15 is 0 Å². The van der Waals surface area contributed by atoms with Crippen LogP contribution in [-0.2, 0) is 4.79 Å². The maximum Gasteiger partial charge on any atom is 0.307 e. The van der Waals surface area contributed by atoms with E-state index in [1.165, 1.54) is 0 Å². The molecule has 1 N–H and O–H groups in total. The van der Waals surface area contributed by atoms with Crippen molar-refractivity contribution in [2.24, 2.45) is 0 Å². The Labute approximate surface area is 70.8 Å². The van der Waals surface area contributed by atoms with Crippen molar-refractivity contribution in [2.45, 2.75) is 19.3 Å². The van der Waals surface area contributed by atoms with Crippen LogP contribution < -0.4 is 0 Å². The van der Waals surface area contributed by atoms with Gasteiger partial charge >= 0.3 is 5.97 Å². The highest BCUT2D eigenvalue weighted by Gasteiger charge is 2.08. The topological polar surface area (TPSA) is 41.7 Å². The van der Waals surface area contributed by atoms with Gasteiger partial charge in [-0.2, -0.15) is 0 Å². The van der Waals surface area contributed by atoms with Gasteiger partial charge in [-0.1, -0.05) is 17.7 Å². The van der Waals surface area contributed by atoms with Crippen molar-refractivity contribution in [1.82, 2.24) is 0 Å². The van der Waals surface area contributed by atoms with Gasteiger partial charge in [0.2, 0.25) is 0 Å². The molecule has 3 heteroatoms. The second-order valence-electron chi connectivity index (χ2n) is 2.62. The Morgan fingerprint density at radius 3 is 3.00 bits per heavy atom. The minimum Gasteiger partial charge on any atom is -0.481 e. The maximum atomic E-state index is 10.2. The lowest BCUT2D eigenvalue weighted by Crippen LogP contribution is -1.90. The fourth-order valence-corrected chi connectivity index (χ4v) is 1.10. The van der Waals surface area contributed by atoms with E-state index in [1.54, 1.807) is 12.2 Å². The summed E-state index contributed by atoms with van der Waals surface area (Å²) in [5.74, 6) is -0.827. The molecule has 0 unspecified atom stereocenters. The Bertz CT molecular complexity index is 294. The molecule has 0 radical (unpaired) electrons. The zero-order valence-electron chi connectivity index (χ0n) is 6.58. The van der Waals surface area contributed by atoms with Crippen molar-refractivity contribution < 1.29 is 9.90 Å². The number of hydrogen-bond donors (Lipinski definition) is 1. The highest BCUT2D eigenvalue weighted by Crippen LogP contribution is 2.24. The SMILES string of the molecule is [C-]#[N+]C1=C/C(=C/CC(=O)O)CC1. The third-order valence-electron chi connectivity index (χ3n) is 1.70. The van der Waals surface area contributed by atoms with Crippen molar-refractivity contribution in [2.75, 3.05) is 0 Å². The summed E-state index contributed by atoms with van der Waals surface area (Å²) in [6.07, 6.45) is 5.06. The Hall–Kier alpha value is -1.56. The summed E-state index contributed by atoms with van der Waals surface area (Å²) < 4.78 is 0. The first-order chi connectivity index (χ1) is 5.72.